The van der Waals surface area contributed by atoms with Gasteiger partial charge in [0.05, 0.1) is 31.8 Å². The maximum Gasteiger partial charge on any atom is 0.253 e. The molecule has 0 atom stereocenters. The number of carbonyl (C=O) groups excluding carboxylic acids is 1. The molecule has 188 valence electrons. The molecule has 2 aromatic heterocycles. The molecule has 2 aromatic carbocycles. The lowest BCUT2D eigenvalue weighted by Gasteiger charge is -2.40. The Balaban J connectivity index is 1.27. The molecule has 0 spiro atoms. The predicted molar refractivity (Wildman–Crippen MR) is 142 cm³/mol. The molecule has 0 aliphatic carbocycles. The third-order valence-corrected chi connectivity index (χ3v) is 6.69. The van der Waals surface area contributed by atoms with E-state index in [2.05, 4.69) is 39.5 Å². The number of nitrogens with zero attached hydrogens (tertiary/aromatic N) is 7. The Morgan fingerprint density at radius 3 is 2.68 bits per heavy atom. The largest absolute Gasteiger partial charge is 0.378 e. The molecule has 2 fully saturated rings. The standard InChI is InChI=1S/C27H28N8O2/c1-19-6-5-7-20(14-19)15-29-32-24-23-25(31-27(30-24)33-10-12-37-13-11-33)35(18-28-23)22-16-34(17-22)26(36)21-8-3-2-4-9-21/h2-9,14-15,18,22H,10-13,16-17H2,1H3,(H,30,31,32)/b29-15+. The predicted octanol–water partition coefficient (Wildman–Crippen LogP) is 3.11. The Hall–Kier alpha value is -4.31. The molecule has 1 N–H and O–H groups in total. The second-order valence-electron chi connectivity index (χ2n) is 9.31. The first-order valence-corrected chi connectivity index (χ1v) is 12.4. The number of likely N-dealkylation sites (tertiary alicyclic amines) is 1. The number of aryl methyl sites for hydroxylation is 1. The van der Waals surface area contributed by atoms with Gasteiger partial charge in [-0.25, -0.2) is 4.98 Å². The van der Waals surface area contributed by atoms with Crippen LogP contribution < -0.4 is 10.3 Å². The van der Waals surface area contributed by atoms with Gasteiger partial charge < -0.3 is 19.1 Å². The molecule has 37 heavy (non-hydrogen) atoms. The van der Waals surface area contributed by atoms with Crippen molar-refractivity contribution in [3.8, 4) is 0 Å². The van der Waals surface area contributed by atoms with Crippen LogP contribution in [0.5, 0.6) is 0 Å². The van der Waals surface area contributed by atoms with Crippen LogP contribution in [0.1, 0.15) is 27.5 Å². The minimum atomic E-state index is 0.0396. The van der Waals surface area contributed by atoms with Gasteiger partial charge in [-0.05, 0) is 24.6 Å². The summed E-state index contributed by atoms with van der Waals surface area (Å²) in [7, 11) is 0. The van der Waals surface area contributed by atoms with E-state index in [9.17, 15) is 4.79 Å². The zero-order valence-electron chi connectivity index (χ0n) is 20.6. The van der Waals surface area contributed by atoms with Gasteiger partial charge in [-0.1, -0.05) is 48.0 Å². The van der Waals surface area contributed by atoms with E-state index in [0.717, 1.165) is 11.2 Å². The van der Waals surface area contributed by atoms with Crippen LogP contribution in [0.2, 0.25) is 0 Å². The SMILES string of the molecule is Cc1cccc(/C=N/Nc2nc(N3CCOCC3)nc3c2ncn3C2CN(C(=O)c3ccccc3)C2)c1. The summed E-state index contributed by atoms with van der Waals surface area (Å²) < 4.78 is 7.56. The third kappa shape index (κ3) is 4.75. The quantitative estimate of drug-likeness (QED) is 0.323. The van der Waals surface area contributed by atoms with E-state index in [1.54, 1.807) is 12.5 Å². The second-order valence-corrected chi connectivity index (χ2v) is 9.31. The zero-order chi connectivity index (χ0) is 25.2. The van der Waals surface area contributed by atoms with Crippen molar-refractivity contribution in [2.45, 2.75) is 13.0 Å². The highest BCUT2D eigenvalue weighted by molar-refractivity contribution is 5.94. The van der Waals surface area contributed by atoms with Crippen molar-refractivity contribution in [1.29, 1.82) is 0 Å². The number of ether oxygens (including phenoxy) is 1. The molecule has 4 aromatic rings. The fourth-order valence-electron chi connectivity index (χ4n) is 4.63. The average Bonchev–Trinajstić information content (AvgIpc) is 3.32. The second kappa shape index (κ2) is 9.98. The summed E-state index contributed by atoms with van der Waals surface area (Å²) >= 11 is 0. The number of rotatable bonds is 6. The monoisotopic (exact) mass is 496 g/mol. The normalized spacial score (nSPS) is 16.4. The molecule has 2 aliphatic heterocycles. The molecule has 1 amide bonds. The number of hydrogen-bond acceptors (Lipinski definition) is 8. The number of morpholine rings is 1. The summed E-state index contributed by atoms with van der Waals surface area (Å²) in [4.78, 5) is 31.1. The maximum atomic E-state index is 12.8. The molecule has 0 bridgehead atoms. The molecule has 10 nitrogen and oxygen atoms in total. The van der Waals surface area contributed by atoms with E-state index in [0.29, 0.717) is 62.2 Å². The number of anilines is 2. The van der Waals surface area contributed by atoms with Crippen LogP contribution in [0, 0.1) is 6.92 Å². The molecule has 0 saturated carbocycles. The first-order chi connectivity index (χ1) is 18.2. The Morgan fingerprint density at radius 2 is 1.89 bits per heavy atom. The van der Waals surface area contributed by atoms with Crippen LogP contribution in [0.15, 0.2) is 66.0 Å². The van der Waals surface area contributed by atoms with Crippen LogP contribution >= 0.6 is 0 Å². The Bertz CT molecular complexity index is 1440. The highest BCUT2D eigenvalue weighted by Crippen LogP contribution is 2.30. The Morgan fingerprint density at radius 1 is 1.08 bits per heavy atom. The van der Waals surface area contributed by atoms with Gasteiger partial charge in [0.2, 0.25) is 5.95 Å². The Labute approximate surface area is 214 Å². The topological polar surface area (TPSA) is 101 Å². The van der Waals surface area contributed by atoms with Crippen molar-refractivity contribution in [2.24, 2.45) is 5.10 Å². The summed E-state index contributed by atoms with van der Waals surface area (Å²) in [5.74, 6) is 1.20. The van der Waals surface area contributed by atoms with E-state index in [4.69, 9.17) is 14.7 Å². The van der Waals surface area contributed by atoms with Crippen LogP contribution in [-0.2, 0) is 4.74 Å². The van der Waals surface area contributed by atoms with E-state index >= 15 is 0 Å². The van der Waals surface area contributed by atoms with Crippen molar-refractivity contribution in [3.63, 3.8) is 0 Å². The molecule has 2 aliphatic rings. The minimum Gasteiger partial charge on any atom is -0.378 e. The summed E-state index contributed by atoms with van der Waals surface area (Å²) in [5.41, 5.74) is 7.32. The van der Waals surface area contributed by atoms with Crippen molar-refractivity contribution < 1.29 is 9.53 Å². The number of hydrogen-bond donors (Lipinski definition) is 1. The number of aromatic nitrogens is 4. The third-order valence-electron chi connectivity index (χ3n) is 6.69. The summed E-state index contributed by atoms with van der Waals surface area (Å²) in [6.07, 6.45) is 3.55. The fourth-order valence-corrected chi connectivity index (χ4v) is 4.63. The first-order valence-electron chi connectivity index (χ1n) is 12.4. The highest BCUT2D eigenvalue weighted by Gasteiger charge is 2.34. The number of benzene rings is 2. The number of fused-ring (bicyclic) bond motifs is 1. The lowest BCUT2D eigenvalue weighted by molar-refractivity contribution is 0.0525. The molecule has 6 rings (SSSR count). The number of nitrogens with one attached hydrogen (secondary N) is 1. The van der Waals surface area contributed by atoms with Gasteiger partial charge in [0, 0.05) is 31.7 Å². The van der Waals surface area contributed by atoms with Gasteiger partial charge in [-0.2, -0.15) is 15.1 Å². The number of hydrazone groups is 1. The lowest BCUT2D eigenvalue weighted by Crippen LogP contribution is -2.50. The van der Waals surface area contributed by atoms with Gasteiger partial charge >= 0.3 is 0 Å². The summed E-state index contributed by atoms with van der Waals surface area (Å²) in [5, 5.41) is 4.44. The molecular formula is C27H28N8O2. The van der Waals surface area contributed by atoms with Gasteiger partial charge in [-0.15, -0.1) is 0 Å². The Kier molecular flexibility index (Phi) is 6.23. The number of amides is 1. The molecule has 0 unspecified atom stereocenters. The molecule has 4 heterocycles. The molecular weight excluding hydrogens is 468 g/mol. The van der Waals surface area contributed by atoms with Crippen molar-refractivity contribution in [1.82, 2.24) is 24.4 Å². The summed E-state index contributed by atoms with van der Waals surface area (Å²) in [6.45, 7) is 5.95. The van der Waals surface area contributed by atoms with E-state index in [1.807, 2.05) is 51.9 Å². The van der Waals surface area contributed by atoms with Crippen LogP contribution in [0.3, 0.4) is 0 Å². The van der Waals surface area contributed by atoms with Gasteiger partial charge in [0.25, 0.3) is 5.91 Å². The van der Waals surface area contributed by atoms with Crippen molar-refractivity contribution in [3.05, 3.63) is 77.6 Å². The average molecular weight is 497 g/mol. The smallest absolute Gasteiger partial charge is 0.253 e. The van der Waals surface area contributed by atoms with Gasteiger partial charge in [0.1, 0.15) is 0 Å². The van der Waals surface area contributed by atoms with E-state index < -0.39 is 0 Å². The molecule has 0 radical (unpaired) electrons. The van der Waals surface area contributed by atoms with Crippen molar-refractivity contribution >= 4 is 35.1 Å². The van der Waals surface area contributed by atoms with Crippen LogP contribution in [0.25, 0.3) is 11.2 Å². The van der Waals surface area contributed by atoms with E-state index in [-0.39, 0.29) is 11.9 Å². The minimum absolute atomic E-state index is 0.0396. The van der Waals surface area contributed by atoms with Crippen LogP contribution in [-0.4, -0.2) is 75.9 Å². The fraction of sp³-hybridized carbons (Fsp3) is 0.296. The van der Waals surface area contributed by atoms with Gasteiger partial charge in [-0.3, -0.25) is 10.2 Å². The van der Waals surface area contributed by atoms with Crippen molar-refractivity contribution in [2.75, 3.05) is 49.7 Å². The number of carbonyl (C=O) groups is 1. The number of imidazole rings is 1. The zero-order valence-corrected chi connectivity index (χ0v) is 20.6. The summed E-state index contributed by atoms with van der Waals surface area (Å²) in [6, 6.07) is 17.6. The molecule has 2 saturated heterocycles. The van der Waals surface area contributed by atoms with Crippen LogP contribution in [0.4, 0.5) is 11.8 Å². The lowest BCUT2D eigenvalue weighted by atomic mass is 10.1. The maximum absolute atomic E-state index is 12.8. The van der Waals surface area contributed by atoms with Gasteiger partial charge in [0.15, 0.2) is 17.0 Å². The van der Waals surface area contributed by atoms with E-state index in [1.165, 1.54) is 5.56 Å². The first kappa shape index (κ1) is 23.1. The molecule has 10 heteroatoms. The highest BCUT2D eigenvalue weighted by atomic mass is 16.5.